The molecule has 1 aromatic rings. The molecule has 6 heteroatoms. The summed E-state index contributed by atoms with van der Waals surface area (Å²) in [5.74, 6) is -0.0120. The monoisotopic (exact) mass is 206 g/mol. The lowest BCUT2D eigenvalue weighted by Gasteiger charge is -2.12. The number of imide groups is 1. The molecule has 1 aliphatic rings. The average molecular weight is 206 g/mol. The lowest BCUT2D eigenvalue weighted by Crippen LogP contribution is -2.31. The maximum atomic E-state index is 11.6. The molecule has 0 fully saturated rings. The summed E-state index contributed by atoms with van der Waals surface area (Å²) < 4.78 is 0. The van der Waals surface area contributed by atoms with Crippen LogP contribution >= 0.6 is 0 Å². The molecule has 0 aliphatic carbocycles. The molecule has 6 nitrogen and oxygen atoms in total. The third-order valence-corrected chi connectivity index (χ3v) is 2.47. The Labute approximate surface area is 86.0 Å². The van der Waals surface area contributed by atoms with Gasteiger partial charge >= 0.3 is 0 Å². The number of nitrogens with zero attached hydrogens (tertiary/aromatic N) is 3. The third kappa shape index (κ3) is 1.43. The van der Waals surface area contributed by atoms with Crippen LogP contribution in [0.3, 0.4) is 0 Å². The molecule has 1 aromatic heterocycles. The molecule has 2 rings (SSSR count). The highest BCUT2D eigenvalue weighted by atomic mass is 16.2. The highest BCUT2D eigenvalue weighted by molar-refractivity contribution is 6.18. The number of carbonyl (C=O) groups excluding carboxylic acids is 2. The average Bonchev–Trinajstić information content (AvgIpc) is 2.79. The number of carbonyl (C=O) groups is 2. The lowest BCUT2D eigenvalue weighted by atomic mass is 10.2. The maximum Gasteiger partial charge on any atom is 0.257 e. The highest BCUT2D eigenvalue weighted by Gasteiger charge is 2.33. The largest absolute Gasteiger partial charge is 0.269 e. The number of hydrogen-bond donors (Lipinski definition) is 1. The normalized spacial score (nSPS) is 16.8. The van der Waals surface area contributed by atoms with Crippen LogP contribution in [0, 0.1) is 0 Å². The van der Waals surface area contributed by atoms with E-state index < -0.39 is 0 Å². The van der Waals surface area contributed by atoms with E-state index in [-0.39, 0.29) is 18.4 Å². The first kappa shape index (κ1) is 9.57. The second-order valence-corrected chi connectivity index (χ2v) is 3.38. The van der Waals surface area contributed by atoms with Crippen LogP contribution in [0.2, 0.25) is 0 Å². The van der Waals surface area contributed by atoms with Gasteiger partial charge in [-0.1, -0.05) is 0 Å². The second-order valence-electron chi connectivity index (χ2n) is 3.38. The molecule has 0 saturated heterocycles. The molecule has 1 aliphatic heterocycles. The van der Waals surface area contributed by atoms with Gasteiger partial charge in [0.05, 0.1) is 6.54 Å². The van der Waals surface area contributed by atoms with Crippen molar-refractivity contribution in [3.8, 4) is 0 Å². The summed E-state index contributed by atoms with van der Waals surface area (Å²) in [5, 5.41) is 6.26. The molecule has 0 spiro atoms. The van der Waals surface area contributed by atoms with Crippen LogP contribution in [-0.2, 0) is 16.1 Å². The van der Waals surface area contributed by atoms with Gasteiger partial charge in [-0.2, -0.15) is 5.10 Å². The van der Waals surface area contributed by atoms with Crippen molar-refractivity contribution < 1.29 is 9.59 Å². The Balaban J connectivity index is 2.21. The number of nitrogens with one attached hydrogen (secondary N) is 1. The van der Waals surface area contributed by atoms with E-state index in [9.17, 15) is 9.59 Å². The van der Waals surface area contributed by atoms with Crippen molar-refractivity contribution in [1.29, 1.82) is 0 Å². The molecule has 78 valence electrons. The maximum absolute atomic E-state index is 11.6. The second kappa shape index (κ2) is 3.30. The smallest absolute Gasteiger partial charge is 0.257 e. The Hall–Kier alpha value is -1.98. The van der Waals surface area contributed by atoms with Gasteiger partial charge in [-0.05, 0) is 13.8 Å². The number of rotatable bonds is 2. The van der Waals surface area contributed by atoms with Gasteiger partial charge in [0, 0.05) is 11.1 Å². The predicted octanol–water partition coefficient (Wildman–Crippen LogP) is 0.00990. The highest BCUT2D eigenvalue weighted by Crippen LogP contribution is 2.20. The van der Waals surface area contributed by atoms with Gasteiger partial charge in [0.15, 0.2) is 0 Å². The summed E-state index contributed by atoms with van der Waals surface area (Å²) in [6, 6.07) is 0. The number of H-pyrrole nitrogens is 1. The first-order chi connectivity index (χ1) is 7.11. The van der Waals surface area contributed by atoms with Crippen LogP contribution in [-0.4, -0.2) is 31.9 Å². The van der Waals surface area contributed by atoms with Gasteiger partial charge in [0.2, 0.25) is 0 Å². The van der Waals surface area contributed by atoms with Crippen molar-refractivity contribution in [2.45, 2.75) is 20.4 Å². The fraction of sp³-hybridized carbons (Fsp3) is 0.333. The summed E-state index contributed by atoms with van der Waals surface area (Å²) in [5.41, 5.74) is 0.999. The Bertz CT molecular complexity index is 423. The Morgan fingerprint density at radius 1 is 1.27 bits per heavy atom. The molecule has 1 N–H and O–H groups in total. The van der Waals surface area contributed by atoms with E-state index in [2.05, 4.69) is 15.2 Å². The van der Waals surface area contributed by atoms with Crippen molar-refractivity contribution in [2.75, 3.05) is 0 Å². The Kier molecular flexibility index (Phi) is 2.11. The molecule has 2 amide bonds. The molecule has 0 saturated carbocycles. The molecule has 0 radical (unpaired) electrons. The number of amides is 2. The van der Waals surface area contributed by atoms with Crippen molar-refractivity contribution in [2.24, 2.45) is 0 Å². The first-order valence-corrected chi connectivity index (χ1v) is 4.49. The van der Waals surface area contributed by atoms with Crippen molar-refractivity contribution in [1.82, 2.24) is 20.1 Å². The fourth-order valence-corrected chi connectivity index (χ4v) is 1.42. The van der Waals surface area contributed by atoms with E-state index in [4.69, 9.17) is 0 Å². The molecule has 15 heavy (non-hydrogen) atoms. The Morgan fingerprint density at radius 2 is 1.87 bits per heavy atom. The quantitative estimate of drug-likeness (QED) is 0.691. The molecule has 0 bridgehead atoms. The molecule has 0 unspecified atom stereocenters. The van der Waals surface area contributed by atoms with Gasteiger partial charge < -0.3 is 0 Å². The van der Waals surface area contributed by atoms with Crippen molar-refractivity contribution in [3.05, 3.63) is 23.3 Å². The zero-order chi connectivity index (χ0) is 11.0. The van der Waals surface area contributed by atoms with E-state index in [0.29, 0.717) is 17.0 Å². The molecule has 0 aromatic carbocycles. The Morgan fingerprint density at radius 3 is 2.33 bits per heavy atom. The van der Waals surface area contributed by atoms with Gasteiger partial charge in [-0.25, -0.2) is 4.98 Å². The number of hydrogen-bond acceptors (Lipinski definition) is 4. The first-order valence-electron chi connectivity index (χ1n) is 4.49. The van der Waals surface area contributed by atoms with Gasteiger partial charge in [-0.3, -0.25) is 19.6 Å². The van der Waals surface area contributed by atoms with Gasteiger partial charge in [-0.15, -0.1) is 0 Å². The van der Waals surface area contributed by atoms with E-state index in [1.807, 2.05) is 0 Å². The van der Waals surface area contributed by atoms with Gasteiger partial charge in [0.1, 0.15) is 12.2 Å². The predicted molar refractivity (Wildman–Crippen MR) is 50.3 cm³/mol. The SMILES string of the molecule is CC1=C(C)C(=O)N(Cc2ncn[nH]2)C1=O. The van der Waals surface area contributed by atoms with E-state index in [1.54, 1.807) is 13.8 Å². The summed E-state index contributed by atoms with van der Waals surface area (Å²) in [7, 11) is 0. The van der Waals surface area contributed by atoms with Crippen LogP contribution in [0.4, 0.5) is 0 Å². The van der Waals surface area contributed by atoms with E-state index >= 15 is 0 Å². The van der Waals surface area contributed by atoms with Crippen LogP contribution in [0.5, 0.6) is 0 Å². The molecule has 2 heterocycles. The summed E-state index contributed by atoms with van der Waals surface area (Å²) in [6.07, 6.45) is 1.34. The van der Waals surface area contributed by atoms with Crippen LogP contribution in [0.1, 0.15) is 19.7 Å². The molecular formula is C9H10N4O2. The standard InChI is InChI=1S/C9H10N4O2/c1-5-6(2)9(15)13(8(5)14)3-7-10-4-11-12-7/h4H,3H2,1-2H3,(H,10,11,12). The fourth-order valence-electron chi connectivity index (χ4n) is 1.42. The summed E-state index contributed by atoms with van der Waals surface area (Å²) in [6.45, 7) is 3.44. The zero-order valence-corrected chi connectivity index (χ0v) is 8.44. The summed E-state index contributed by atoms with van der Waals surface area (Å²) >= 11 is 0. The zero-order valence-electron chi connectivity index (χ0n) is 8.44. The number of aromatic amines is 1. The van der Waals surface area contributed by atoms with Gasteiger partial charge in [0.25, 0.3) is 11.8 Å². The van der Waals surface area contributed by atoms with E-state index in [0.717, 1.165) is 4.90 Å². The molecular weight excluding hydrogens is 196 g/mol. The van der Waals surface area contributed by atoms with E-state index in [1.165, 1.54) is 6.33 Å². The topological polar surface area (TPSA) is 79.0 Å². The van der Waals surface area contributed by atoms with Crippen LogP contribution in [0.15, 0.2) is 17.5 Å². The third-order valence-electron chi connectivity index (χ3n) is 2.47. The molecule has 0 atom stereocenters. The minimum atomic E-state index is -0.256. The summed E-state index contributed by atoms with van der Waals surface area (Å²) in [4.78, 5) is 28.3. The minimum Gasteiger partial charge on any atom is -0.269 e. The van der Waals surface area contributed by atoms with Crippen molar-refractivity contribution in [3.63, 3.8) is 0 Å². The van der Waals surface area contributed by atoms with Crippen LogP contribution in [0.25, 0.3) is 0 Å². The van der Waals surface area contributed by atoms with Crippen LogP contribution < -0.4 is 0 Å². The lowest BCUT2D eigenvalue weighted by molar-refractivity contribution is -0.138. The minimum absolute atomic E-state index is 0.145. The van der Waals surface area contributed by atoms with Crippen molar-refractivity contribution >= 4 is 11.8 Å². The number of aromatic nitrogens is 3.